The lowest BCUT2D eigenvalue weighted by atomic mass is 10.1. The fraction of sp³-hybridized carbons (Fsp3) is 0.300. The van der Waals surface area contributed by atoms with Crippen LogP contribution in [0.3, 0.4) is 0 Å². The lowest BCUT2D eigenvalue weighted by Gasteiger charge is -2.06. The van der Waals surface area contributed by atoms with Crippen LogP contribution in [-0.2, 0) is 0 Å². The minimum Gasteiger partial charge on any atom is -0.494 e. The second-order valence-corrected chi connectivity index (χ2v) is 3.12. The number of rotatable bonds is 3. The fourth-order valence-corrected chi connectivity index (χ4v) is 1.24. The van der Waals surface area contributed by atoms with E-state index in [0.29, 0.717) is 12.2 Å². The van der Waals surface area contributed by atoms with E-state index in [1.54, 1.807) is 18.2 Å². The van der Waals surface area contributed by atoms with Crippen LogP contribution < -0.4 is 4.74 Å². The molecular weight excluding hydrogens is 184 g/mol. The quantitative estimate of drug-likeness (QED) is 0.752. The molecule has 0 aliphatic heterocycles. The summed E-state index contributed by atoms with van der Waals surface area (Å²) in [5.41, 5.74) is 1.56. The van der Waals surface area contributed by atoms with E-state index >= 15 is 0 Å². The zero-order valence-electron chi connectivity index (χ0n) is 7.70. The first-order valence-corrected chi connectivity index (χ1v) is 4.56. The van der Waals surface area contributed by atoms with Gasteiger partial charge in [-0.15, -0.1) is 12.6 Å². The first-order valence-electron chi connectivity index (χ1n) is 4.12. The van der Waals surface area contributed by atoms with Gasteiger partial charge in [-0.25, -0.2) is 0 Å². The molecule has 0 fully saturated rings. The minimum absolute atomic E-state index is 0.217. The standard InChI is InChI=1S/C10H12O2S/c1-3-12-9-5-4-8(10(11)13)6-7(9)2/h4-6H,3H2,1-2H3,(H,11,13). The van der Waals surface area contributed by atoms with Crippen LogP contribution >= 0.6 is 12.6 Å². The molecule has 0 aliphatic carbocycles. The number of hydrogen-bond donors (Lipinski definition) is 1. The van der Waals surface area contributed by atoms with Crippen molar-refractivity contribution < 1.29 is 9.53 Å². The van der Waals surface area contributed by atoms with Gasteiger partial charge in [-0.1, -0.05) is 0 Å². The van der Waals surface area contributed by atoms with Gasteiger partial charge in [-0.05, 0) is 37.6 Å². The maximum Gasteiger partial charge on any atom is 0.216 e. The minimum atomic E-state index is -0.217. The van der Waals surface area contributed by atoms with Gasteiger partial charge in [-0.3, -0.25) is 4.79 Å². The Kier molecular flexibility index (Phi) is 3.37. The number of carbonyl (C=O) groups excluding carboxylic acids is 1. The van der Waals surface area contributed by atoms with Crippen LogP contribution in [0.15, 0.2) is 18.2 Å². The molecule has 0 radical (unpaired) electrons. The number of carbonyl (C=O) groups is 1. The number of thiol groups is 1. The fourth-order valence-electron chi connectivity index (χ4n) is 1.10. The third kappa shape index (κ3) is 2.49. The zero-order valence-corrected chi connectivity index (χ0v) is 8.60. The molecule has 0 aliphatic rings. The molecule has 70 valence electrons. The highest BCUT2D eigenvalue weighted by atomic mass is 32.1. The van der Waals surface area contributed by atoms with E-state index in [1.807, 2.05) is 13.8 Å². The van der Waals surface area contributed by atoms with Crippen molar-refractivity contribution in [1.82, 2.24) is 0 Å². The van der Waals surface area contributed by atoms with E-state index in [2.05, 4.69) is 12.6 Å². The van der Waals surface area contributed by atoms with Crippen LogP contribution in [0, 0.1) is 6.92 Å². The van der Waals surface area contributed by atoms with Crippen LogP contribution in [0.5, 0.6) is 5.75 Å². The number of benzene rings is 1. The predicted octanol–water partition coefficient (Wildman–Crippen LogP) is 2.46. The Morgan fingerprint density at radius 1 is 1.54 bits per heavy atom. The molecule has 0 spiro atoms. The molecule has 0 saturated carbocycles. The summed E-state index contributed by atoms with van der Waals surface area (Å²) >= 11 is 3.74. The molecule has 1 aromatic rings. The molecule has 13 heavy (non-hydrogen) atoms. The Hall–Kier alpha value is -0.960. The van der Waals surface area contributed by atoms with Crippen molar-refractivity contribution >= 4 is 17.7 Å². The summed E-state index contributed by atoms with van der Waals surface area (Å²) < 4.78 is 5.34. The highest BCUT2D eigenvalue weighted by Crippen LogP contribution is 2.19. The van der Waals surface area contributed by atoms with Crippen molar-refractivity contribution in [3.63, 3.8) is 0 Å². The molecular formula is C10H12O2S. The second kappa shape index (κ2) is 4.33. The monoisotopic (exact) mass is 196 g/mol. The summed E-state index contributed by atoms with van der Waals surface area (Å²) in [5.74, 6) is 0.820. The van der Waals surface area contributed by atoms with Crippen molar-refractivity contribution in [2.45, 2.75) is 13.8 Å². The summed E-state index contributed by atoms with van der Waals surface area (Å²) in [7, 11) is 0. The third-order valence-corrected chi connectivity index (χ3v) is 1.98. The van der Waals surface area contributed by atoms with Gasteiger partial charge in [0.2, 0.25) is 5.12 Å². The van der Waals surface area contributed by atoms with Gasteiger partial charge >= 0.3 is 0 Å². The van der Waals surface area contributed by atoms with Crippen LogP contribution in [0.4, 0.5) is 0 Å². The number of hydrogen-bond acceptors (Lipinski definition) is 2. The molecule has 0 saturated heterocycles. The first-order chi connectivity index (χ1) is 6.15. The lowest BCUT2D eigenvalue weighted by molar-refractivity contribution is 0.109. The van der Waals surface area contributed by atoms with E-state index in [9.17, 15) is 4.79 Å². The summed E-state index contributed by atoms with van der Waals surface area (Å²) in [6.07, 6.45) is 0. The molecule has 3 heteroatoms. The van der Waals surface area contributed by atoms with E-state index < -0.39 is 0 Å². The predicted molar refractivity (Wildman–Crippen MR) is 55.7 cm³/mol. The number of aryl methyl sites for hydroxylation is 1. The van der Waals surface area contributed by atoms with Crippen LogP contribution in [0.2, 0.25) is 0 Å². The Morgan fingerprint density at radius 2 is 2.23 bits per heavy atom. The van der Waals surface area contributed by atoms with Crippen molar-refractivity contribution in [3.05, 3.63) is 29.3 Å². The SMILES string of the molecule is CCOc1ccc(C(=O)S)cc1C. The maximum absolute atomic E-state index is 10.9. The Morgan fingerprint density at radius 3 is 2.69 bits per heavy atom. The van der Waals surface area contributed by atoms with Crippen molar-refractivity contribution in [3.8, 4) is 5.75 Å². The van der Waals surface area contributed by atoms with Crippen LogP contribution in [0.25, 0.3) is 0 Å². The van der Waals surface area contributed by atoms with E-state index in [-0.39, 0.29) is 5.12 Å². The highest BCUT2D eigenvalue weighted by molar-refractivity contribution is 7.97. The van der Waals surface area contributed by atoms with Gasteiger partial charge in [0.25, 0.3) is 0 Å². The summed E-state index contributed by atoms with van der Waals surface area (Å²) in [6, 6.07) is 5.29. The largest absolute Gasteiger partial charge is 0.494 e. The Labute approximate surface area is 83.3 Å². The normalized spacial score (nSPS) is 9.77. The molecule has 0 atom stereocenters. The van der Waals surface area contributed by atoms with E-state index in [0.717, 1.165) is 11.3 Å². The van der Waals surface area contributed by atoms with Crippen molar-refractivity contribution in [2.75, 3.05) is 6.61 Å². The summed E-state index contributed by atoms with van der Waals surface area (Å²) in [6.45, 7) is 4.47. The molecule has 0 unspecified atom stereocenters. The summed E-state index contributed by atoms with van der Waals surface area (Å²) in [5, 5.41) is -0.217. The van der Waals surface area contributed by atoms with Gasteiger partial charge in [0, 0.05) is 5.56 Å². The smallest absolute Gasteiger partial charge is 0.216 e. The molecule has 0 heterocycles. The zero-order chi connectivity index (χ0) is 9.84. The van der Waals surface area contributed by atoms with Crippen LogP contribution in [-0.4, -0.2) is 11.7 Å². The highest BCUT2D eigenvalue weighted by Gasteiger charge is 2.03. The summed E-state index contributed by atoms with van der Waals surface area (Å²) in [4.78, 5) is 10.9. The van der Waals surface area contributed by atoms with Crippen molar-refractivity contribution in [2.24, 2.45) is 0 Å². The first kappa shape index (κ1) is 10.1. The van der Waals surface area contributed by atoms with Gasteiger partial charge in [0.1, 0.15) is 5.75 Å². The van der Waals surface area contributed by atoms with Gasteiger partial charge in [0.05, 0.1) is 6.61 Å². The average Bonchev–Trinajstić information content (AvgIpc) is 2.08. The number of ether oxygens (including phenoxy) is 1. The average molecular weight is 196 g/mol. The van der Waals surface area contributed by atoms with Gasteiger partial charge < -0.3 is 4.74 Å². The topological polar surface area (TPSA) is 26.3 Å². The molecule has 0 N–H and O–H groups in total. The Bertz CT molecular complexity index is 321. The third-order valence-electron chi connectivity index (χ3n) is 1.72. The molecule has 0 bridgehead atoms. The molecule has 1 aromatic carbocycles. The molecule has 0 aromatic heterocycles. The molecule has 0 amide bonds. The van der Waals surface area contributed by atoms with E-state index in [1.165, 1.54) is 0 Å². The maximum atomic E-state index is 10.9. The van der Waals surface area contributed by atoms with Gasteiger partial charge in [0.15, 0.2) is 0 Å². The molecule has 2 nitrogen and oxygen atoms in total. The van der Waals surface area contributed by atoms with E-state index in [4.69, 9.17) is 4.74 Å². The molecule has 1 rings (SSSR count). The van der Waals surface area contributed by atoms with Crippen molar-refractivity contribution in [1.29, 1.82) is 0 Å². The lowest BCUT2D eigenvalue weighted by Crippen LogP contribution is -1.96. The second-order valence-electron chi connectivity index (χ2n) is 2.72. The van der Waals surface area contributed by atoms with Crippen LogP contribution in [0.1, 0.15) is 22.8 Å². The van der Waals surface area contributed by atoms with Gasteiger partial charge in [-0.2, -0.15) is 0 Å². The Balaban J connectivity index is 2.98.